The fourth-order valence-corrected chi connectivity index (χ4v) is 2.40. The van der Waals surface area contributed by atoms with Crippen LogP contribution in [0.4, 0.5) is 9.18 Å². The molecule has 7 heteroatoms. The van der Waals surface area contributed by atoms with Crippen LogP contribution in [0.1, 0.15) is 25.5 Å². The highest BCUT2D eigenvalue weighted by atomic mass is 19.1. The number of nitrogens with zero attached hydrogens (tertiary/aromatic N) is 1. The van der Waals surface area contributed by atoms with Crippen molar-refractivity contribution in [1.82, 2.24) is 10.2 Å². The van der Waals surface area contributed by atoms with Crippen molar-refractivity contribution in [3.63, 3.8) is 0 Å². The lowest BCUT2D eigenvalue weighted by atomic mass is 10.1. The topological polar surface area (TPSA) is 78.9 Å². The molecule has 22 heavy (non-hydrogen) atoms. The summed E-state index contributed by atoms with van der Waals surface area (Å²) in [5.74, 6) is 0.353. The zero-order valence-corrected chi connectivity index (χ0v) is 12.5. The van der Waals surface area contributed by atoms with E-state index in [4.69, 9.17) is 9.84 Å². The van der Waals surface area contributed by atoms with Gasteiger partial charge in [-0.2, -0.15) is 0 Å². The number of hydrogen-bond donors (Lipinski definition) is 2. The lowest BCUT2D eigenvalue weighted by Gasteiger charge is -2.17. The smallest absolute Gasteiger partial charge is 0.407 e. The van der Waals surface area contributed by atoms with Gasteiger partial charge in [-0.15, -0.1) is 0 Å². The number of ether oxygens (including phenoxy) is 1. The van der Waals surface area contributed by atoms with E-state index in [9.17, 15) is 14.0 Å². The Kier molecular flexibility index (Phi) is 4.85. The fourth-order valence-electron chi connectivity index (χ4n) is 2.40. The fraction of sp³-hybridized carbons (Fsp3) is 0.467. The molecule has 1 aliphatic rings. The lowest BCUT2D eigenvalue weighted by molar-refractivity contribution is -0.119. The summed E-state index contributed by atoms with van der Waals surface area (Å²) in [6.07, 6.45) is -3.28. The Morgan fingerprint density at radius 1 is 1.36 bits per heavy atom. The van der Waals surface area contributed by atoms with Gasteiger partial charge in [0.25, 0.3) is 0 Å². The Balaban J connectivity index is 1.97. The number of benzene rings is 1. The van der Waals surface area contributed by atoms with Crippen LogP contribution in [0.5, 0.6) is 5.75 Å². The molecular weight excluding hydrogens is 291 g/mol. The number of amides is 2. The second-order valence-corrected chi connectivity index (χ2v) is 5.35. The van der Waals surface area contributed by atoms with Gasteiger partial charge < -0.3 is 20.1 Å². The first kappa shape index (κ1) is 16.1. The molecule has 0 aliphatic carbocycles. The first-order valence-electron chi connectivity index (χ1n) is 7.02. The third-order valence-corrected chi connectivity index (χ3v) is 3.56. The van der Waals surface area contributed by atoms with Gasteiger partial charge in [0.15, 0.2) is 6.17 Å². The molecule has 1 aromatic carbocycles. The average molecular weight is 310 g/mol. The second kappa shape index (κ2) is 6.64. The number of rotatable bonds is 4. The van der Waals surface area contributed by atoms with E-state index in [0.29, 0.717) is 5.75 Å². The monoisotopic (exact) mass is 310 g/mol. The highest BCUT2D eigenvalue weighted by Crippen LogP contribution is 2.23. The molecule has 6 nitrogen and oxygen atoms in total. The first-order chi connectivity index (χ1) is 10.4. The van der Waals surface area contributed by atoms with Gasteiger partial charge in [0.05, 0.1) is 19.1 Å². The van der Waals surface area contributed by atoms with Crippen molar-refractivity contribution in [3.05, 3.63) is 29.8 Å². The minimum absolute atomic E-state index is 0.0144. The number of hydrogen-bond acceptors (Lipinski definition) is 3. The minimum Gasteiger partial charge on any atom is -0.485 e. The highest BCUT2D eigenvalue weighted by molar-refractivity contribution is 5.73. The Bertz CT molecular complexity index is 549. The number of likely N-dealkylation sites (tertiary alicyclic amines) is 1. The predicted molar refractivity (Wildman–Crippen MR) is 77.6 cm³/mol. The van der Waals surface area contributed by atoms with Crippen molar-refractivity contribution < 1.29 is 23.8 Å². The van der Waals surface area contributed by atoms with Crippen molar-refractivity contribution in [2.24, 2.45) is 0 Å². The zero-order chi connectivity index (χ0) is 16.3. The van der Waals surface area contributed by atoms with Crippen LogP contribution in [-0.4, -0.2) is 47.4 Å². The molecule has 1 heterocycles. The van der Waals surface area contributed by atoms with Crippen LogP contribution >= 0.6 is 0 Å². The van der Waals surface area contributed by atoms with Crippen LogP contribution < -0.4 is 10.1 Å². The first-order valence-corrected chi connectivity index (χ1v) is 7.02. The molecular formula is C15H19FN2O4. The summed E-state index contributed by atoms with van der Waals surface area (Å²) in [7, 11) is 0. The molecule has 0 aromatic heterocycles. The number of carboxylic acid groups (broad SMARTS) is 1. The zero-order valence-electron chi connectivity index (χ0n) is 12.5. The third-order valence-electron chi connectivity index (χ3n) is 3.56. The molecule has 1 saturated heterocycles. The van der Waals surface area contributed by atoms with E-state index in [-0.39, 0.29) is 25.0 Å². The molecule has 2 unspecified atom stereocenters. The largest absolute Gasteiger partial charge is 0.485 e. The quantitative estimate of drug-likeness (QED) is 0.891. The number of carbonyl (C=O) groups is 2. The Hall–Kier alpha value is -2.31. The number of nitrogens with one attached hydrogen (secondary N) is 1. The van der Waals surface area contributed by atoms with Crippen molar-refractivity contribution in [3.8, 4) is 5.75 Å². The van der Waals surface area contributed by atoms with Crippen molar-refractivity contribution in [2.45, 2.75) is 32.2 Å². The SMILES string of the molecule is CC(=O)N[C@@H](C)c1ccc(OC2CN(C(=O)O)CC2F)cc1. The Labute approximate surface area is 127 Å². The molecule has 0 saturated carbocycles. The predicted octanol–water partition coefficient (Wildman–Crippen LogP) is 1.96. The number of carbonyl (C=O) groups excluding carboxylic acids is 1. The van der Waals surface area contributed by atoms with E-state index < -0.39 is 18.4 Å². The molecule has 0 spiro atoms. The van der Waals surface area contributed by atoms with E-state index in [0.717, 1.165) is 10.5 Å². The van der Waals surface area contributed by atoms with Gasteiger partial charge in [0, 0.05) is 6.92 Å². The summed E-state index contributed by atoms with van der Waals surface area (Å²) in [6, 6.07) is 6.81. The van der Waals surface area contributed by atoms with E-state index in [1.807, 2.05) is 6.92 Å². The van der Waals surface area contributed by atoms with Gasteiger partial charge in [-0.1, -0.05) is 12.1 Å². The van der Waals surface area contributed by atoms with Crippen molar-refractivity contribution >= 4 is 12.0 Å². The molecule has 1 fully saturated rings. The minimum atomic E-state index is -1.34. The van der Waals surface area contributed by atoms with Crippen molar-refractivity contribution in [1.29, 1.82) is 0 Å². The van der Waals surface area contributed by atoms with Gasteiger partial charge in [-0.25, -0.2) is 9.18 Å². The van der Waals surface area contributed by atoms with Gasteiger partial charge in [0.2, 0.25) is 5.91 Å². The molecule has 2 amide bonds. The van der Waals surface area contributed by atoms with Crippen LogP contribution in [-0.2, 0) is 4.79 Å². The average Bonchev–Trinajstić information content (AvgIpc) is 2.80. The summed E-state index contributed by atoms with van der Waals surface area (Å²) >= 11 is 0. The number of alkyl halides is 1. The Morgan fingerprint density at radius 2 is 2.00 bits per heavy atom. The summed E-state index contributed by atoms with van der Waals surface area (Å²) in [6.45, 7) is 3.15. The van der Waals surface area contributed by atoms with Crippen LogP contribution in [0, 0.1) is 0 Å². The second-order valence-electron chi connectivity index (χ2n) is 5.35. The molecule has 2 rings (SSSR count). The maximum atomic E-state index is 13.8. The number of halogens is 1. The van der Waals surface area contributed by atoms with E-state index >= 15 is 0 Å². The maximum Gasteiger partial charge on any atom is 0.407 e. The highest BCUT2D eigenvalue weighted by Gasteiger charge is 2.37. The summed E-state index contributed by atoms with van der Waals surface area (Å²) in [5, 5.41) is 11.6. The van der Waals surface area contributed by atoms with Crippen LogP contribution in [0.2, 0.25) is 0 Å². The Morgan fingerprint density at radius 3 is 2.50 bits per heavy atom. The molecule has 120 valence electrons. The third kappa shape index (κ3) is 3.87. The van der Waals surface area contributed by atoms with Crippen LogP contribution in [0.3, 0.4) is 0 Å². The van der Waals surface area contributed by atoms with Gasteiger partial charge >= 0.3 is 6.09 Å². The summed E-state index contributed by atoms with van der Waals surface area (Å²) in [4.78, 5) is 22.8. The van der Waals surface area contributed by atoms with Crippen LogP contribution in [0.15, 0.2) is 24.3 Å². The summed E-state index contributed by atoms with van der Waals surface area (Å²) < 4.78 is 19.3. The van der Waals surface area contributed by atoms with Gasteiger partial charge in [-0.3, -0.25) is 4.79 Å². The lowest BCUT2D eigenvalue weighted by Crippen LogP contribution is -2.29. The van der Waals surface area contributed by atoms with E-state index in [1.165, 1.54) is 6.92 Å². The van der Waals surface area contributed by atoms with Crippen molar-refractivity contribution in [2.75, 3.05) is 13.1 Å². The molecule has 1 aliphatic heterocycles. The maximum absolute atomic E-state index is 13.8. The van der Waals surface area contributed by atoms with Crippen LogP contribution in [0.25, 0.3) is 0 Å². The normalized spacial score (nSPS) is 22.2. The van der Waals surface area contributed by atoms with Gasteiger partial charge in [-0.05, 0) is 24.6 Å². The van der Waals surface area contributed by atoms with E-state index in [1.54, 1.807) is 24.3 Å². The molecule has 3 atom stereocenters. The van der Waals surface area contributed by atoms with Gasteiger partial charge in [0.1, 0.15) is 11.9 Å². The molecule has 0 radical (unpaired) electrons. The summed E-state index contributed by atoms with van der Waals surface area (Å²) in [5.41, 5.74) is 0.901. The molecule has 0 bridgehead atoms. The standard InChI is InChI=1S/C15H19FN2O4/c1-9(17-10(2)19)11-3-5-12(6-4-11)22-14-8-18(15(20)21)7-13(14)16/h3-6,9,13-14H,7-8H2,1-2H3,(H,17,19)(H,20,21)/t9-,13?,14?/m0/s1. The molecule has 2 N–H and O–H groups in total. The molecule has 1 aromatic rings. The van der Waals surface area contributed by atoms with E-state index in [2.05, 4.69) is 5.32 Å².